The van der Waals surface area contributed by atoms with Gasteiger partial charge in [0.25, 0.3) is 11.5 Å². The molecule has 1 aliphatic rings. The molecule has 11 heteroatoms. The molecule has 1 aliphatic heterocycles. The molecule has 0 spiro atoms. The normalized spacial score (nSPS) is 11.8. The molecule has 1 aromatic heterocycles. The Balaban J connectivity index is 1.33. The van der Waals surface area contributed by atoms with E-state index in [-0.39, 0.29) is 29.8 Å². The molecule has 0 saturated heterocycles. The minimum atomic E-state index is -0.714. The van der Waals surface area contributed by atoms with Gasteiger partial charge in [-0.3, -0.25) is 19.0 Å². The molecule has 2 amide bonds. The predicted molar refractivity (Wildman–Crippen MR) is 164 cm³/mol. The van der Waals surface area contributed by atoms with Crippen LogP contribution in [0.1, 0.15) is 22.8 Å². The van der Waals surface area contributed by atoms with Gasteiger partial charge in [0.1, 0.15) is 12.3 Å². The highest BCUT2D eigenvalue weighted by atomic mass is 16.7. The summed E-state index contributed by atoms with van der Waals surface area (Å²) < 4.78 is 18.4. The van der Waals surface area contributed by atoms with Crippen molar-refractivity contribution in [3.05, 3.63) is 123 Å². The van der Waals surface area contributed by atoms with Gasteiger partial charge >= 0.3 is 5.69 Å². The van der Waals surface area contributed by atoms with Crippen molar-refractivity contribution in [3.63, 3.8) is 0 Å². The fourth-order valence-corrected chi connectivity index (χ4v) is 4.95. The number of hydrogen-bond acceptors (Lipinski definition) is 7. The molecular formula is C33H28N4O7. The fourth-order valence-electron chi connectivity index (χ4n) is 4.95. The number of para-hydroxylation sites is 1. The molecule has 0 atom stereocenters. The van der Waals surface area contributed by atoms with Gasteiger partial charge < -0.3 is 24.8 Å². The molecule has 0 radical (unpaired) electrons. The smallest absolute Gasteiger partial charge is 0.336 e. The Morgan fingerprint density at radius 1 is 0.886 bits per heavy atom. The molecule has 0 aliphatic carbocycles. The van der Waals surface area contributed by atoms with Crippen molar-refractivity contribution in [2.75, 3.05) is 18.7 Å². The van der Waals surface area contributed by atoms with E-state index in [2.05, 4.69) is 10.6 Å². The lowest BCUT2D eigenvalue weighted by molar-refractivity contribution is -0.116. The summed E-state index contributed by atoms with van der Waals surface area (Å²) in [4.78, 5) is 53.7. The first-order valence-corrected chi connectivity index (χ1v) is 14.0. The lowest BCUT2D eigenvalue weighted by Gasteiger charge is -2.15. The number of ether oxygens (including phenoxy) is 3. The largest absolute Gasteiger partial charge is 0.494 e. The van der Waals surface area contributed by atoms with Crippen LogP contribution < -0.4 is 36.1 Å². The van der Waals surface area contributed by atoms with Crippen LogP contribution in [-0.2, 0) is 17.9 Å². The maximum Gasteiger partial charge on any atom is 0.336 e. The third-order valence-electron chi connectivity index (χ3n) is 7.06. The van der Waals surface area contributed by atoms with Crippen LogP contribution in [0.5, 0.6) is 17.2 Å². The van der Waals surface area contributed by atoms with E-state index in [1.54, 1.807) is 66.7 Å². The molecule has 0 saturated carbocycles. The number of aromatic nitrogens is 2. The Morgan fingerprint density at radius 2 is 1.66 bits per heavy atom. The lowest BCUT2D eigenvalue weighted by Crippen LogP contribution is -2.41. The summed E-state index contributed by atoms with van der Waals surface area (Å²) in [6, 6.07) is 25.1. The molecule has 5 aromatic rings. The quantitative estimate of drug-likeness (QED) is 0.266. The number of carbonyl (C=O) groups excluding carboxylic acids is 2. The van der Waals surface area contributed by atoms with Crippen LogP contribution in [0.3, 0.4) is 0 Å². The second-order valence-corrected chi connectivity index (χ2v) is 9.95. The first kappa shape index (κ1) is 28.3. The molecule has 0 bridgehead atoms. The van der Waals surface area contributed by atoms with Crippen LogP contribution in [0.4, 0.5) is 5.69 Å². The number of anilines is 1. The van der Waals surface area contributed by atoms with Crippen LogP contribution in [0, 0.1) is 0 Å². The Morgan fingerprint density at radius 3 is 2.43 bits per heavy atom. The predicted octanol–water partition coefficient (Wildman–Crippen LogP) is 3.85. The van der Waals surface area contributed by atoms with Gasteiger partial charge in [-0.25, -0.2) is 9.36 Å². The van der Waals surface area contributed by atoms with Crippen LogP contribution in [-0.4, -0.2) is 34.3 Å². The zero-order valence-corrected chi connectivity index (χ0v) is 23.7. The standard InChI is InChI=1S/C33H28N4O7/c1-2-42-25-12-10-23(11-13-25)35-30(38)19-36-27-17-22(31(39)34-18-21-8-15-28-29(16-21)44-20-43-28)9-14-26(27)32(40)37(33(36)41)24-6-4-3-5-7-24/h3-17H,2,18-20H2,1H3,(H,34,39)(H,35,38). The van der Waals surface area contributed by atoms with Crippen molar-refractivity contribution in [1.82, 2.24) is 14.5 Å². The maximum atomic E-state index is 13.8. The highest BCUT2D eigenvalue weighted by Gasteiger charge is 2.19. The van der Waals surface area contributed by atoms with E-state index in [1.807, 2.05) is 13.0 Å². The number of nitrogens with one attached hydrogen (secondary N) is 2. The zero-order valence-electron chi connectivity index (χ0n) is 23.7. The van der Waals surface area contributed by atoms with Gasteiger partial charge in [-0.2, -0.15) is 0 Å². The number of rotatable bonds is 9. The lowest BCUT2D eigenvalue weighted by atomic mass is 10.1. The van der Waals surface area contributed by atoms with Crippen LogP contribution in [0.2, 0.25) is 0 Å². The topological polar surface area (TPSA) is 130 Å². The maximum absolute atomic E-state index is 13.8. The van der Waals surface area contributed by atoms with Crippen molar-refractivity contribution >= 4 is 28.4 Å². The number of amides is 2. The summed E-state index contributed by atoms with van der Waals surface area (Å²) >= 11 is 0. The van der Waals surface area contributed by atoms with E-state index in [0.717, 1.165) is 10.1 Å². The van der Waals surface area contributed by atoms with E-state index in [9.17, 15) is 19.2 Å². The Hall–Kier alpha value is -5.84. The highest BCUT2D eigenvalue weighted by Crippen LogP contribution is 2.32. The van der Waals surface area contributed by atoms with E-state index >= 15 is 0 Å². The average Bonchev–Trinajstić information content (AvgIpc) is 3.51. The van der Waals surface area contributed by atoms with Gasteiger partial charge in [0.15, 0.2) is 11.5 Å². The monoisotopic (exact) mass is 592 g/mol. The van der Waals surface area contributed by atoms with Crippen molar-refractivity contribution in [2.24, 2.45) is 0 Å². The van der Waals surface area contributed by atoms with Gasteiger partial charge in [-0.1, -0.05) is 24.3 Å². The number of carbonyl (C=O) groups is 2. The van der Waals surface area contributed by atoms with Crippen molar-refractivity contribution < 1.29 is 23.8 Å². The van der Waals surface area contributed by atoms with Crippen LogP contribution >= 0.6 is 0 Å². The van der Waals surface area contributed by atoms with E-state index in [1.165, 1.54) is 22.8 Å². The molecule has 2 heterocycles. The first-order valence-electron chi connectivity index (χ1n) is 14.0. The molecule has 2 N–H and O–H groups in total. The summed E-state index contributed by atoms with van der Waals surface area (Å²) in [6.07, 6.45) is 0. The summed E-state index contributed by atoms with van der Waals surface area (Å²) in [6.45, 7) is 2.34. The average molecular weight is 593 g/mol. The second kappa shape index (κ2) is 12.2. The van der Waals surface area contributed by atoms with E-state index < -0.39 is 29.6 Å². The minimum absolute atomic E-state index is 0.147. The van der Waals surface area contributed by atoms with E-state index in [0.29, 0.717) is 35.2 Å². The summed E-state index contributed by atoms with van der Waals surface area (Å²) in [5, 5.41) is 5.80. The number of benzene rings is 4. The molecule has 0 fully saturated rings. The van der Waals surface area contributed by atoms with Crippen molar-refractivity contribution in [2.45, 2.75) is 20.0 Å². The SMILES string of the molecule is CCOc1ccc(NC(=O)Cn2c(=O)n(-c3ccccc3)c(=O)c3ccc(C(=O)NCc4ccc5c(c4)OCO5)cc32)cc1. The summed E-state index contributed by atoms with van der Waals surface area (Å²) in [7, 11) is 0. The Labute approximate surface area is 251 Å². The summed E-state index contributed by atoms with van der Waals surface area (Å²) in [5.41, 5.74) is 0.767. The molecule has 44 heavy (non-hydrogen) atoms. The molecular weight excluding hydrogens is 564 g/mol. The third kappa shape index (κ3) is 5.75. The van der Waals surface area contributed by atoms with Crippen molar-refractivity contribution in [3.8, 4) is 22.9 Å². The summed E-state index contributed by atoms with van der Waals surface area (Å²) in [5.74, 6) is 0.986. The molecule has 6 rings (SSSR count). The van der Waals surface area contributed by atoms with Crippen LogP contribution in [0.25, 0.3) is 16.6 Å². The Bertz CT molecular complexity index is 1980. The third-order valence-corrected chi connectivity index (χ3v) is 7.06. The highest BCUT2D eigenvalue weighted by molar-refractivity contribution is 5.98. The minimum Gasteiger partial charge on any atom is -0.494 e. The van der Waals surface area contributed by atoms with Gasteiger partial charge in [0.05, 0.1) is 23.2 Å². The van der Waals surface area contributed by atoms with Crippen LogP contribution in [0.15, 0.2) is 101 Å². The molecule has 0 unspecified atom stereocenters. The first-order chi connectivity index (χ1) is 21.4. The van der Waals surface area contributed by atoms with Crippen molar-refractivity contribution in [1.29, 1.82) is 0 Å². The van der Waals surface area contributed by atoms with Gasteiger partial charge in [-0.05, 0) is 79.2 Å². The van der Waals surface area contributed by atoms with E-state index in [4.69, 9.17) is 14.2 Å². The Kier molecular flexibility index (Phi) is 7.83. The number of nitrogens with zero attached hydrogens (tertiary/aromatic N) is 2. The van der Waals surface area contributed by atoms with Gasteiger partial charge in [0, 0.05) is 17.8 Å². The fraction of sp³-hybridized carbons (Fsp3) is 0.152. The molecule has 222 valence electrons. The zero-order chi connectivity index (χ0) is 30.6. The number of fused-ring (bicyclic) bond motifs is 2. The second-order valence-electron chi connectivity index (χ2n) is 9.95. The number of hydrogen-bond donors (Lipinski definition) is 2. The van der Waals surface area contributed by atoms with Gasteiger partial charge in [-0.15, -0.1) is 0 Å². The molecule has 11 nitrogen and oxygen atoms in total. The van der Waals surface area contributed by atoms with Gasteiger partial charge in [0.2, 0.25) is 12.7 Å². The molecule has 4 aromatic carbocycles.